The number of anilines is 2. The lowest BCUT2D eigenvalue weighted by Crippen LogP contribution is -2.41. The third kappa shape index (κ3) is 24.6. The number of nitrogens with zero attached hydrogens (tertiary/aromatic N) is 4. The molecule has 7 N–H and O–H groups in total. The van der Waals surface area contributed by atoms with Gasteiger partial charge in [0.15, 0.2) is 11.2 Å². The van der Waals surface area contributed by atoms with E-state index in [2.05, 4.69) is 35.9 Å². The normalized spacial score (nSPS) is 12.8. The Hall–Kier alpha value is -6.07. The number of aliphatic carboxylic acids is 1. The van der Waals surface area contributed by atoms with Crippen LogP contribution in [0.2, 0.25) is 0 Å². The number of nitrogens with two attached hydrogens (primary N) is 1. The van der Waals surface area contributed by atoms with Crippen molar-refractivity contribution in [3.05, 3.63) is 64.2 Å². The van der Waals surface area contributed by atoms with Crippen LogP contribution < -0.4 is 27.2 Å². The predicted octanol–water partition coefficient (Wildman–Crippen LogP) is -0.922. The van der Waals surface area contributed by atoms with E-state index in [1.165, 1.54) is 30.5 Å². The standard InChI is InChI=1S/C45H65N9O17/c46-45-52-41-40(43(59)53-45)50-35(32-49-41)31-48-34-3-1-33(2-4-34)42(58)51-36(44(60)61)5-6-37(55)47-9-11-62-13-15-64-17-19-66-21-23-68-25-27-70-29-30-71-28-26-69-24-22-67-20-18-65-16-14-63-12-10-54-38(56)7-8-39(54)57/h1-4,7-8,32,36,48H,5-6,9-31H2,(H,47,55)(H,51,58)(H,60,61)(H3,46,49,52,53,59)/t36-/m0/s1. The number of carboxylic acids is 1. The number of hydrogen-bond acceptors (Lipinski definition) is 21. The molecule has 3 aromatic rings. The van der Waals surface area contributed by atoms with Crippen LogP contribution in [0.4, 0.5) is 11.6 Å². The van der Waals surface area contributed by atoms with Crippen molar-refractivity contribution < 1.29 is 76.4 Å². The van der Waals surface area contributed by atoms with Gasteiger partial charge in [-0.25, -0.2) is 14.8 Å². The Balaban J connectivity index is 0.840. The van der Waals surface area contributed by atoms with Gasteiger partial charge in [-0.1, -0.05) is 0 Å². The summed E-state index contributed by atoms with van der Waals surface area (Å²) >= 11 is 0. The number of hydrogen-bond donors (Lipinski definition) is 6. The molecule has 392 valence electrons. The van der Waals surface area contributed by atoms with E-state index in [-0.39, 0.29) is 86.1 Å². The van der Waals surface area contributed by atoms with Crippen LogP contribution in [-0.4, -0.2) is 211 Å². The fraction of sp³-hybridized carbons (Fsp3) is 0.578. The number of ether oxygens (including phenoxy) is 10. The smallest absolute Gasteiger partial charge is 0.326 e. The molecule has 0 saturated carbocycles. The number of aromatic nitrogens is 4. The van der Waals surface area contributed by atoms with Crippen molar-refractivity contribution in [3.8, 4) is 0 Å². The highest BCUT2D eigenvalue weighted by atomic mass is 16.6. The number of rotatable bonds is 42. The van der Waals surface area contributed by atoms with Gasteiger partial charge in [-0.05, 0) is 30.7 Å². The summed E-state index contributed by atoms with van der Waals surface area (Å²) in [6.45, 7) is 8.43. The molecule has 26 heteroatoms. The van der Waals surface area contributed by atoms with Crippen LogP contribution in [-0.2, 0) is 73.1 Å². The topological polar surface area (TPSA) is 335 Å². The lowest BCUT2D eigenvalue weighted by Gasteiger charge is -2.15. The number of nitrogens with one attached hydrogen (secondary N) is 4. The summed E-state index contributed by atoms with van der Waals surface area (Å²) in [6, 6.07) is 5.00. The Bertz CT molecular complexity index is 2130. The van der Waals surface area contributed by atoms with E-state index in [9.17, 15) is 33.9 Å². The molecule has 0 fully saturated rings. The fourth-order valence-electron chi connectivity index (χ4n) is 6.00. The van der Waals surface area contributed by atoms with Gasteiger partial charge in [0.2, 0.25) is 11.9 Å². The zero-order chi connectivity index (χ0) is 50.7. The minimum absolute atomic E-state index is 0.0487. The van der Waals surface area contributed by atoms with Gasteiger partial charge in [0.25, 0.3) is 23.3 Å². The molecule has 0 radical (unpaired) electrons. The molecule has 3 heterocycles. The van der Waals surface area contributed by atoms with Gasteiger partial charge in [-0.15, -0.1) is 0 Å². The number of nitrogen functional groups attached to an aromatic ring is 1. The van der Waals surface area contributed by atoms with E-state index in [0.717, 1.165) is 4.90 Å². The second kappa shape index (κ2) is 35.1. The third-order valence-corrected chi connectivity index (χ3v) is 9.65. The van der Waals surface area contributed by atoms with Crippen molar-refractivity contribution in [1.29, 1.82) is 0 Å². The van der Waals surface area contributed by atoms with Crippen molar-refractivity contribution in [2.45, 2.75) is 25.4 Å². The third-order valence-electron chi connectivity index (χ3n) is 9.65. The van der Waals surface area contributed by atoms with Gasteiger partial charge in [0.1, 0.15) is 6.04 Å². The molecule has 0 bridgehead atoms. The van der Waals surface area contributed by atoms with Crippen LogP contribution >= 0.6 is 0 Å². The molecular formula is C45H65N9O17. The van der Waals surface area contributed by atoms with E-state index in [4.69, 9.17) is 53.1 Å². The molecular weight excluding hydrogens is 939 g/mol. The molecule has 2 aromatic heterocycles. The van der Waals surface area contributed by atoms with Gasteiger partial charge in [0, 0.05) is 36.4 Å². The number of carbonyl (C=O) groups excluding carboxylic acids is 4. The first kappa shape index (κ1) is 57.5. The maximum Gasteiger partial charge on any atom is 0.326 e. The molecule has 1 atom stereocenters. The maximum absolute atomic E-state index is 12.8. The quantitative estimate of drug-likeness (QED) is 0.0295. The number of imide groups is 1. The van der Waals surface area contributed by atoms with Crippen molar-refractivity contribution in [1.82, 2.24) is 35.5 Å². The number of amides is 4. The monoisotopic (exact) mass is 1000 g/mol. The Morgan fingerprint density at radius 1 is 0.648 bits per heavy atom. The molecule has 0 spiro atoms. The first-order chi connectivity index (χ1) is 34.6. The van der Waals surface area contributed by atoms with E-state index in [0.29, 0.717) is 130 Å². The summed E-state index contributed by atoms with van der Waals surface area (Å²) in [5, 5.41) is 17.9. The predicted molar refractivity (Wildman–Crippen MR) is 251 cm³/mol. The SMILES string of the molecule is Nc1nc2ncc(CNc3ccc(C(=O)N[C@@H](CCC(=O)NCCOCCOCCOCCOCCOCCOCCOCCOCCOCCOCCN4C(=O)C=CC4=O)C(=O)O)cc3)nc2c(=O)[nH]1. The highest BCUT2D eigenvalue weighted by Crippen LogP contribution is 2.13. The number of H-pyrrole nitrogens is 1. The molecule has 4 rings (SSSR count). The number of aromatic amines is 1. The molecule has 1 aromatic carbocycles. The van der Waals surface area contributed by atoms with Gasteiger partial charge in [0.05, 0.1) is 157 Å². The highest BCUT2D eigenvalue weighted by Gasteiger charge is 2.23. The number of fused-ring (bicyclic) bond motifs is 1. The fourth-order valence-corrected chi connectivity index (χ4v) is 6.00. The van der Waals surface area contributed by atoms with Crippen molar-refractivity contribution in [2.24, 2.45) is 0 Å². The summed E-state index contributed by atoms with van der Waals surface area (Å²) in [4.78, 5) is 87.7. The summed E-state index contributed by atoms with van der Waals surface area (Å²) in [5.41, 5.74) is 6.51. The van der Waals surface area contributed by atoms with Gasteiger partial charge in [-0.3, -0.25) is 33.9 Å². The number of benzene rings is 1. The Kier molecular flexibility index (Phi) is 28.4. The summed E-state index contributed by atoms with van der Waals surface area (Å²) in [7, 11) is 0. The minimum Gasteiger partial charge on any atom is -0.480 e. The van der Waals surface area contributed by atoms with E-state index >= 15 is 0 Å². The largest absolute Gasteiger partial charge is 0.480 e. The average Bonchev–Trinajstić information content (AvgIpc) is 3.68. The van der Waals surface area contributed by atoms with Gasteiger partial charge in [-0.2, -0.15) is 4.98 Å². The van der Waals surface area contributed by atoms with E-state index in [1.807, 2.05) is 0 Å². The van der Waals surface area contributed by atoms with Crippen molar-refractivity contribution in [3.63, 3.8) is 0 Å². The Morgan fingerprint density at radius 2 is 1.11 bits per heavy atom. The molecule has 1 aliphatic rings. The second-order valence-electron chi connectivity index (χ2n) is 15.0. The lowest BCUT2D eigenvalue weighted by atomic mass is 10.1. The first-order valence-electron chi connectivity index (χ1n) is 23.1. The first-order valence-corrected chi connectivity index (χ1v) is 23.1. The maximum atomic E-state index is 12.8. The molecule has 0 aliphatic carbocycles. The number of carbonyl (C=O) groups is 5. The number of carboxylic acid groups (broad SMARTS) is 1. The average molecular weight is 1000 g/mol. The Morgan fingerprint density at radius 3 is 1.59 bits per heavy atom. The molecule has 71 heavy (non-hydrogen) atoms. The zero-order valence-corrected chi connectivity index (χ0v) is 39.6. The van der Waals surface area contributed by atoms with Crippen LogP contribution in [0, 0.1) is 0 Å². The van der Waals surface area contributed by atoms with Crippen LogP contribution in [0.3, 0.4) is 0 Å². The molecule has 26 nitrogen and oxygen atoms in total. The van der Waals surface area contributed by atoms with Crippen LogP contribution in [0.1, 0.15) is 28.9 Å². The Labute approximate surface area is 409 Å². The minimum atomic E-state index is -1.29. The summed E-state index contributed by atoms with van der Waals surface area (Å²) in [5.74, 6) is -2.98. The van der Waals surface area contributed by atoms with E-state index in [1.54, 1.807) is 12.1 Å². The zero-order valence-electron chi connectivity index (χ0n) is 39.6. The molecule has 1 aliphatic heterocycles. The highest BCUT2D eigenvalue weighted by molar-refractivity contribution is 6.12. The van der Waals surface area contributed by atoms with E-state index < -0.39 is 23.5 Å². The molecule has 0 unspecified atom stereocenters. The summed E-state index contributed by atoms with van der Waals surface area (Å²) < 4.78 is 54.5. The van der Waals surface area contributed by atoms with Crippen molar-refractivity contribution in [2.75, 3.05) is 156 Å². The van der Waals surface area contributed by atoms with Crippen LogP contribution in [0.25, 0.3) is 11.2 Å². The molecule has 4 amide bonds. The van der Waals surface area contributed by atoms with Gasteiger partial charge < -0.3 is 74.2 Å². The molecule has 0 saturated heterocycles. The van der Waals surface area contributed by atoms with Crippen LogP contribution in [0.5, 0.6) is 0 Å². The summed E-state index contributed by atoms with van der Waals surface area (Å²) in [6.07, 6.45) is 3.70. The lowest BCUT2D eigenvalue weighted by molar-refractivity contribution is -0.140. The second-order valence-corrected chi connectivity index (χ2v) is 15.0. The van der Waals surface area contributed by atoms with Gasteiger partial charge >= 0.3 is 5.97 Å². The van der Waals surface area contributed by atoms with Crippen molar-refractivity contribution >= 4 is 52.4 Å². The van der Waals surface area contributed by atoms with Crippen LogP contribution in [0.15, 0.2) is 47.4 Å².